The molecule has 5 nitrogen and oxygen atoms in total. The average Bonchev–Trinajstić information content (AvgIpc) is 2.28. The Morgan fingerprint density at radius 2 is 1.64 bits per heavy atom. The number of nitrogens with zero attached hydrogens (tertiary/aromatic N) is 1. The van der Waals surface area contributed by atoms with Gasteiger partial charge < -0.3 is 5.11 Å². The Labute approximate surface area is 83.8 Å². The fourth-order valence-electron chi connectivity index (χ4n) is 1.57. The monoisotopic (exact) mass is 221 g/mol. The van der Waals surface area contributed by atoms with Crippen molar-refractivity contribution in [3.05, 3.63) is 0 Å². The number of hydrogen-bond acceptors (Lipinski definition) is 3. The standard InChI is InChI=1S/C8H15NO4S/c10-8(11)7-14(12,13)9-5-3-1-2-4-6-9/h1-7H2,(H,10,11). The van der Waals surface area contributed by atoms with Gasteiger partial charge in [-0.05, 0) is 12.8 Å². The minimum absolute atomic E-state index is 0.468. The Morgan fingerprint density at radius 1 is 1.14 bits per heavy atom. The molecule has 0 spiro atoms. The van der Waals surface area contributed by atoms with Crippen LogP contribution >= 0.6 is 0 Å². The molecule has 1 aliphatic heterocycles. The molecule has 1 N–H and O–H groups in total. The van der Waals surface area contributed by atoms with Crippen LogP contribution in [0.2, 0.25) is 0 Å². The Balaban J connectivity index is 2.64. The molecule has 0 aromatic carbocycles. The molecule has 0 radical (unpaired) electrons. The molecular formula is C8H15NO4S. The number of aliphatic carboxylic acids is 1. The molecule has 6 heteroatoms. The van der Waals surface area contributed by atoms with E-state index in [-0.39, 0.29) is 0 Å². The predicted octanol–water partition coefficient (Wildman–Crippen LogP) is 0.277. The lowest BCUT2D eigenvalue weighted by Gasteiger charge is -2.18. The average molecular weight is 221 g/mol. The highest BCUT2D eigenvalue weighted by atomic mass is 32.2. The molecule has 0 bridgehead atoms. The molecule has 1 saturated heterocycles. The van der Waals surface area contributed by atoms with Crippen LogP contribution in [-0.4, -0.2) is 42.6 Å². The second-order valence-electron chi connectivity index (χ2n) is 3.46. The van der Waals surface area contributed by atoms with Gasteiger partial charge in [-0.25, -0.2) is 12.7 Å². The van der Waals surface area contributed by atoms with E-state index in [1.54, 1.807) is 0 Å². The molecule has 1 aliphatic rings. The van der Waals surface area contributed by atoms with E-state index in [0.29, 0.717) is 13.1 Å². The van der Waals surface area contributed by atoms with Crippen LogP contribution in [0.25, 0.3) is 0 Å². The van der Waals surface area contributed by atoms with Crippen LogP contribution in [0.3, 0.4) is 0 Å². The van der Waals surface area contributed by atoms with Gasteiger partial charge >= 0.3 is 5.97 Å². The van der Waals surface area contributed by atoms with Crippen LogP contribution in [-0.2, 0) is 14.8 Å². The summed E-state index contributed by atoms with van der Waals surface area (Å²) in [5.74, 6) is -2.07. The number of rotatable bonds is 3. The van der Waals surface area contributed by atoms with Gasteiger partial charge in [0.25, 0.3) is 0 Å². The molecule has 0 saturated carbocycles. The first kappa shape index (κ1) is 11.5. The molecule has 0 aliphatic carbocycles. The first-order valence-electron chi connectivity index (χ1n) is 4.72. The summed E-state index contributed by atoms with van der Waals surface area (Å²) >= 11 is 0. The number of carboxylic acid groups (broad SMARTS) is 1. The molecule has 1 rings (SSSR count). The zero-order valence-electron chi connectivity index (χ0n) is 7.98. The second kappa shape index (κ2) is 4.75. The topological polar surface area (TPSA) is 74.7 Å². The quantitative estimate of drug-likeness (QED) is 0.742. The van der Waals surface area contributed by atoms with Crippen LogP contribution in [0.4, 0.5) is 0 Å². The summed E-state index contributed by atoms with van der Waals surface area (Å²) in [6.45, 7) is 0.936. The first-order valence-corrected chi connectivity index (χ1v) is 6.33. The second-order valence-corrected chi connectivity index (χ2v) is 5.43. The summed E-state index contributed by atoms with van der Waals surface area (Å²) < 4.78 is 24.3. The van der Waals surface area contributed by atoms with Crippen molar-refractivity contribution in [3.8, 4) is 0 Å². The van der Waals surface area contributed by atoms with E-state index in [0.717, 1.165) is 25.7 Å². The van der Waals surface area contributed by atoms with Crippen molar-refractivity contribution in [1.82, 2.24) is 4.31 Å². The van der Waals surface area contributed by atoms with Crippen LogP contribution in [0, 0.1) is 0 Å². The van der Waals surface area contributed by atoms with Crippen molar-refractivity contribution in [2.45, 2.75) is 25.7 Å². The van der Waals surface area contributed by atoms with Gasteiger partial charge in [0.2, 0.25) is 10.0 Å². The number of carbonyl (C=O) groups is 1. The number of carboxylic acids is 1. The maximum Gasteiger partial charge on any atom is 0.320 e. The van der Waals surface area contributed by atoms with Gasteiger partial charge in [0.15, 0.2) is 5.75 Å². The van der Waals surface area contributed by atoms with Gasteiger partial charge in [0.1, 0.15) is 0 Å². The van der Waals surface area contributed by atoms with E-state index in [1.165, 1.54) is 4.31 Å². The van der Waals surface area contributed by atoms with Crippen molar-refractivity contribution in [3.63, 3.8) is 0 Å². The molecule has 0 atom stereocenters. The van der Waals surface area contributed by atoms with Gasteiger partial charge in [-0.1, -0.05) is 12.8 Å². The van der Waals surface area contributed by atoms with Crippen LogP contribution < -0.4 is 0 Å². The molecule has 82 valence electrons. The summed E-state index contributed by atoms with van der Waals surface area (Å²) in [5.41, 5.74) is 0. The third kappa shape index (κ3) is 3.26. The molecule has 0 amide bonds. The molecular weight excluding hydrogens is 206 g/mol. The summed E-state index contributed by atoms with van der Waals surface area (Å²) in [6, 6.07) is 0. The SMILES string of the molecule is O=C(O)CS(=O)(=O)N1CCCCCC1. The predicted molar refractivity (Wildman–Crippen MR) is 51.5 cm³/mol. The van der Waals surface area contributed by atoms with Crippen molar-refractivity contribution in [2.24, 2.45) is 0 Å². The molecule has 1 heterocycles. The maximum absolute atomic E-state index is 11.5. The number of sulfonamides is 1. The van der Waals surface area contributed by atoms with Crippen molar-refractivity contribution < 1.29 is 18.3 Å². The van der Waals surface area contributed by atoms with Gasteiger partial charge in [-0.2, -0.15) is 0 Å². The van der Waals surface area contributed by atoms with Gasteiger partial charge in [-0.3, -0.25) is 4.79 Å². The van der Waals surface area contributed by atoms with E-state index >= 15 is 0 Å². The van der Waals surface area contributed by atoms with Gasteiger partial charge in [0, 0.05) is 13.1 Å². The zero-order valence-corrected chi connectivity index (χ0v) is 8.79. The zero-order chi connectivity index (χ0) is 10.6. The van der Waals surface area contributed by atoms with Crippen molar-refractivity contribution >= 4 is 16.0 Å². The lowest BCUT2D eigenvalue weighted by Crippen LogP contribution is -2.36. The summed E-state index contributed by atoms with van der Waals surface area (Å²) in [5, 5.41) is 8.44. The first-order chi connectivity index (χ1) is 6.52. The van der Waals surface area contributed by atoms with Crippen LogP contribution in [0.15, 0.2) is 0 Å². The Bertz CT molecular complexity index is 290. The third-order valence-corrected chi connectivity index (χ3v) is 4.03. The highest BCUT2D eigenvalue weighted by molar-refractivity contribution is 7.89. The lowest BCUT2D eigenvalue weighted by molar-refractivity contribution is -0.134. The molecule has 0 aromatic rings. The highest BCUT2D eigenvalue weighted by Gasteiger charge is 2.25. The molecule has 0 aromatic heterocycles. The summed E-state index contributed by atoms with van der Waals surface area (Å²) in [4.78, 5) is 10.3. The summed E-state index contributed by atoms with van der Waals surface area (Å²) in [7, 11) is -3.57. The van der Waals surface area contributed by atoms with E-state index < -0.39 is 21.7 Å². The maximum atomic E-state index is 11.5. The van der Waals surface area contributed by atoms with Crippen LogP contribution in [0.5, 0.6) is 0 Å². The summed E-state index contributed by atoms with van der Waals surface area (Å²) in [6.07, 6.45) is 3.72. The van der Waals surface area contributed by atoms with E-state index in [4.69, 9.17) is 5.11 Å². The minimum Gasteiger partial charge on any atom is -0.480 e. The van der Waals surface area contributed by atoms with E-state index in [9.17, 15) is 13.2 Å². The fourth-order valence-corrected chi connectivity index (χ4v) is 2.88. The smallest absolute Gasteiger partial charge is 0.320 e. The fraction of sp³-hybridized carbons (Fsp3) is 0.875. The molecule has 0 unspecified atom stereocenters. The lowest BCUT2D eigenvalue weighted by atomic mass is 10.2. The molecule has 1 fully saturated rings. The third-order valence-electron chi connectivity index (χ3n) is 2.26. The van der Waals surface area contributed by atoms with Crippen molar-refractivity contribution in [1.29, 1.82) is 0 Å². The minimum atomic E-state index is -3.57. The van der Waals surface area contributed by atoms with E-state index in [2.05, 4.69) is 0 Å². The van der Waals surface area contributed by atoms with Gasteiger partial charge in [-0.15, -0.1) is 0 Å². The highest BCUT2D eigenvalue weighted by Crippen LogP contribution is 2.13. The van der Waals surface area contributed by atoms with Crippen LogP contribution in [0.1, 0.15) is 25.7 Å². The molecule has 14 heavy (non-hydrogen) atoms. The Kier molecular flexibility index (Phi) is 3.88. The van der Waals surface area contributed by atoms with Crippen molar-refractivity contribution in [2.75, 3.05) is 18.8 Å². The Morgan fingerprint density at radius 3 is 2.07 bits per heavy atom. The number of hydrogen-bond donors (Lipinski definition) is 1. The van der Waals surface area contributed by atoms with Gasteiger partial charge in [0.05, 0.1) is 0 Å². The normalized spacial score (nSPS) is 20.3. The largest absolute Gasteiger partial charge is 0.480 e. The Hall–Kier alpha value is -0.620. The van der Waals surface area contributed by atoms with E-state index in [1.807, 2.05) is 0 Å².